The summed E-state index contributed by atoms with van der Waals surface area (Å²) in [4.78, 5) is 19.4. The highest BCUT2D eigenvalue weighted by Gasteiger charge is 2.42. The third-order valence-corrected chi connectivity index (χ3v) is 8.96. The standard InChI is InChI=1S/C23H34NO6PS.ClH/c1-4-6-12-23(5-2)16-32(28,29)21-13-18(15-31(25,26)27)20(30-3)14-19(21)22(24-23)17-10-8-7-9-11-17;/h7-11,13-14,22,24,28-29H,4-6,12,15-16H2,1-3H3,(H2,25,26,27);1H/t22-,23-;/m1./s1. The van der Waals surface area contributed by atoms with E-state index in [1.165, 1.54) is 13.2 Å². The summed E-state index contributed by atoms with van der Waals surface area (Å²) in [6.07, 6.45) is 2.91. The zero-order valence-corrected chi connectivity index (χ0v) is 21.8. The fourth-order valence-electron chi connectivity index (χ4n) is 4.50. The number of methoxy groups -OCH3 is 1. The highest BCUT2D eigenvalue weighted by molar-refractivity contribution is 8.24. The van der Waals surface area contributed by atoms with E-state index < -0.39 is 29.9 Å². The van der Waals surface area contributed by atoms with Crippen LogP contribution in [-0.2, 0) is 10.7 Å². The van der Waals surface area contributed by atoms with Gasteiger partial charge in [-0.2, -0.15) is 10.6 Å². The maximum atomic E-state index is 11.7. The normalized spacial score (nSPS) is 23.1. The summed E-state index contributed by atoms with van der Waals surface area (Å²) in [5.41, 5.74) is 1.41. The minimum Gasteiger partial charge on any atom is -0.496 e. The van der Waals surface area contributed by atoms with Gasteiger partial charge in [-0.1, -0.05) is 57.0 Å². The molecular weight excluding hydrogens is 485 g/mol. The number of hydrogen-bond donors (Lipinski definition) is 5. The molecule has 1 heterocycles. The third-order valence-electron chi connectivity index (χ3n) is 6.20. The Balaban J connectivity index is 0.00000385. The minimum atomic E-state index is -4.39. The quantitative estimate of drug-likeness (QED) is 0.274. The van der Waals surface area contributed by atoms with Crippen molar-refractivity contribution in [3.05, 3.63) is 59.2 Å². The molecule has 2 atom stereocenters. The fraction of sp³-hybridized carbons (Fsp3) is 0.478. The molecule has 186 valence electrons. The minimum absolute atomic E-state index is 0. The van der Waals surface area contributed by atoms with Crippen LogP contribution in [0.3, 0.4) is 0 Å². The molecule has 2 aromatic rings. The van der Waals surface area contributed by atoms with Crippen molar-refractivity contribution in [3.8, 4) is 5.75 Å². The molecule has 0 radical (unpaired) electrons. The maximum Gasteiger partial charge on any atom is 0.330 e. The molecule has 0 aromatic heterocycles. The Morgan fingerprint density at radius 1 is 1.18 bits per heavy atom. The summed E-state index contributed by atoms with van der Waals surface area (Å²) in [5, 5.41) is 3.75. The summed E-state index contributed by atoms with van der Waals surface area (Å²) in [7, 11) is -6.18. The number of ether oxygens (including phenoxy) is 1. The van der Waals surface area contributed by atoms with Gasteiger partial charge in [0.15, 0.2) is 0 Å². The van der Waals surface area contributed by atoms with Gasteiger partial charge in [0.1, 0.15) is 5.75 Å². The van der Waals surface area contributed by atoms with Crippen LogP contribution < -0.4 is 10.1 Å². The van der Waals surface area contributed by atoms with Gasteiger partial charge in [0.25, 0.3) is 0 Å². The van der Waals surface area contributed by atoms with E-state index in [0.29, 0.717) is 22.6 Å². The molecule has 0 bridgehead atoms. The van der Waals surface area contributed by atoms with Gasteiger partial charge < -0.3 is 14.5 Å². The SMILES string of the molecule is CCCC[C@]1(CC)CS(O)(O)c2cc(CP(=O)(O)O)c(OC)cc2[C@@H](c2ccccc2)N1.Cl. The zero-order chi connectivity index (χ0) is 23.6. The summed E-state index contributed by atoms with van der Waals surface area (Å²) in [5.74, 6) is 0.469. The number of benzene rings is 2. The Bertz CT molecular complexity index is 986. The smallest absolute Gasteiger partial charge is 0.330 e. The van der Waals surface area contributed by atoms with Crippen molar-refractivity contribution in [2.75, 3.05) is 12.9 Å². The first-order valence-electron chi connectivity index (χ1n) is 10.9. The monoisotopic (exact) mass is 519 g/mol. The predicted molar refractivity (Wildman–Crippen MR) is 136 cm³/mol. The number of unbranched alkanes of at least 4 members (excludes halogenated alkanes) is 1. The summed E-state index contributed by atoms with van der Waals surface area (Å²) >= 11 is 0. The second kappa shape index (κ2) is 11.1. The number of rotatable bonds is 8. The van der Waals surface area contributed by atoms with Crippen molar-refractivity contribution in [2.24, 2.45) is 0 Å². The molecule has 3 rings (SSSR count). The number of halogens is 1. The molecule has 0 aliphatic carbocycles. The number of nitrogens with one attached hydrogen (secondary N) is 1. The lowest BCUT2D eigenvalue weighted by Gasteiger charge is -2.42. The van der Waals surface area contributed by atoms with Crippen molar-refractivity contribution in [2.45, 2.75) is 62.2 Å². The second-order valence-corrected chi connectivity index (χ2v) is 12.3. The average Bonchev–Trinajstić information content (AvgIpc) is 2.84. The highest BCUT2D eigenvalue weighted by Crippen LogP contribution is 2.58. The Morgan fingerprint density at radius 2 is 1.85 bits per heavy atom. The lowest BCUT2D eigenvalue weighted by molar-refractivity contribution is 0.290. The molecule has 1 aliphatic heterocycles. The van der Waals surface area contributed by atoms with Crippen molar-refractivity contribution < 1.29 is 28.2 Å². The van der Waals surface area contributed by atoms with Gasteiger partial charge in [-0.15, -0.1) is 12.4 Å². The zero-order valence-electron chi connectivity index (χ0n) is 19.2. The Morgan fingerprint density at radius 3 is 2.39 bits per heavy atom. The summed E-state index contributed by atoms with van der Waals surface area (Å²) < 4.78 is 40.0. The van der Waals surface area contributed by atoms with E-state index in [1.807, 2.05) is 30.3 Å². The van der Waals surface area contributed by atoms with Gasteiger partial charge in [-0.25, -0.2) is 0 Å². The molecular formula is C23H35ClNO6PS. The Labute approximate surface area is 203 Å². The number of fused-ring (bicyclic) bond motifs is 1. The van der Waals surface area contributed by atoms with Crippen molar-refractivity contribution >= 4 is 30.6 Å². The highest BCUT2D eigenvalue weighted by atomic mass is 35.5. The third kappa shape index (κ3) is 6.53. The van der Waals surface area contributed by atoms with E-state index in [2.05, 4.69) is 19.2 Å². The van der Waals surface area contributed by atoms with Crippen LogP contribution in [0.2, 0.25) is 0 Å². The van der Waals surface area contributed by atoms with Crippen molar-refractivity contribution in [1.29, 1.82) is 0 Å². The van der Waals surface area contributed by atoms with Gasteiger partial charge in [0, 0.05) is 16.7 Å². The van der Waals surface area contributed by atoms with Gasteiger partial charge in [0.05, 0.1) is 30.0 Å². The lowest BCUT2D eigenvalue weighted by atomic mass is 9.88. The Kier molecular flexibility index (Phi) is 9.47. The number of hydrogen-bond acceptors (Lipinski definition) is 5. The second-order valence-electron chi connectivity index (χ2n) is 8.56. The van der Waals surface area contributed by atoms with Crippen LogP contribution in [0, 0.1) is 0 Å². The lowest BCUT2D eigenvalue weighted by Crippen LogP contribution is -2.49. The molecule has 0 saturated heterocycles. The topological polar surface area (TPSA) is 119 Å². The van der Waals surface area contributed by atoms with Gasteiger partial charge >= 0.3 is 7.60 Å². The molecule has 0 spiro atoms. The van der Waals surface area contributed by atoms with Crippen LogP contribution in [0.4, 0.5) is 0 Å². The van der Waals surface area contributed by atoms with Gasteiger partial charge in [0.2, 0.25) is 0 Å². The molecule has 2 aromatic carbocycles. The van der Waals surface area contributed by atoms with Crippen LogP contribution in [-0.4, -0.2) is 37.3 Å². The van der Waals surface area contributed by atoms with E-state index in [-0.39, 0.29) is 29.8 Å². The molecule has 33 heavy (non-hydrogen) atoms. The predicted octanol–water partition coefficient (Wildman–Crippen LogP) is 5.94. The molecule has 7 nitrogen and oxygen atoms in total. The van der Waals surface area contributed by atoms with Crippen LogP contribution in [0.5, 0.6) is 5.75 Å². The summed E-state index contributed by atoms with van der Waals surface area (Å²) in [6.45, 7) is 4.16. The molecule has 0 saturated carbocycles. The van der Waals surface area contributed by atoms with E-state index >= 15 is 0 Å². The van der Waals surface area contributed by atoms with Crippen LogP contribution in [0.25, 0.3) is 0 Å². The van der Waals surface area contributed by atoms with Crippen molar-refractivity contribution in [3.63, 3.8) is 0 Å². The van der Waals surface area contributed by atoms with Gasteiger partial charge in [-0.05, 0) is 30.5 Å². The molecule has 1 aliphatic rings. The first kappa shape index (κ1) is 28.1. The molecule has 10 heteroatoms. The largest absolute Gasteiger partial charge is 0.496 e. The van der Waals surface area contributed by atoms with E-state index in [0.717, 1.165) is 24.8 Å². The van der Waals surface area contributed by atoms with Crippen LogP contribution in [0.1, 0.15) is 62.3 Å². The van der Waals surface area contributed by atoms with Crippen LogP contribution in [0.15, 0.2) is 47.4 Å². The molecule has 0 amide bonds. The average molecular weight is 520 g/mol. The van der Waals surface area contributed by atoms with E-state index in [1.54, 1.807) is 6.07 Å². The first-order valence-corrected chi connectivity index (χ1v) is 14.4. The molecule has 5 N–H and O–H groups in total. The van der Waals surface area contributed by atoms with Gasteiger partial charge in [-0.3, -0.25) is 19.0 Å². The fourth-order valence-corrected chi connectivity index (χ4v) is 7.43. The molecule has 0 unspecified atom stereocenters. The van der Waals surface area contributed by atoms with E-state index in [4.69, 9.17) is 4.74 Å². The Hall–Kier alpha value is -1.09. The van der Waals surface area contributed by atoms with E-state index in [9.17, 15) is 23.5 Å². The molecule has 0 fully saturated rings. The first-order chi connectivity index (χ1) is 15.0. The van der Waals surface area contributed by atoms with Crippen LogP contribution >= 0.6 is 30.6 Å². The van der Waals surface area contributed by atoms with Crippen molar-refractivity contribution in [1.82, 2.24) is 5.32 Å². The maximum absolute atomic E-state index is 11.7. The summed E-state index contributed by atoms with van der Waals surface area (Å²) in [6, 6.07) is 12.7.